The van der Waals surface area contributed by atoms with Crippen molar-refractivity contribution in [1.29, 1.82) is 0 Å². The zero-order valence-electron chi connectivity index (χ0n) is 21.3. The molecule has 0 N–H and O–H groups in total. The number of rotatable bonds is 6. The van der Waals surface area contributed by atoms with Crippen LogP contribution >= 0.6 is 0 Å². The maximum absolute atomic E-state index is 13.6. The molecule has 0 aromatic heterocycles. The average molecular weight is 512 g/mol. The van der Waals surface area contributed by atoms with Gasteiger partial charge < -0.3 is 19.3 Å². The molecule has 0 spiro atoms. The predicted molar refractivity (Wildman–Crippen MR) is 143 cm³/mol. The lowest BCUT2D eigenvalue weighted by atomic mass is 9.94. The van der Waals surface area contributed by atoms with Gasteiger partial charge in [0.05, 0.1) is 28.4 Å². The van der Waals surface area contributed by atoms with Gasteiger partial charge in [0.15, 0.2) is 11.5 Å². The zero-order chi connectivity index (χ0) is 26.2. The Morgan fingerprint density at radius 2 is 1.79 bits per heavy atom. The molecule has 3 aliphatic rings. The van der Waals surface area contributed by atoms with Gasteiger partial charge in [0.1, 0.15) is 0 Å². The summed E-state index contributed by atoms with van der Waals surface area (Å²) in [5.74, 6) is 0.306. The van der Waals surface area contributed by atoms with E-state index in [1.807, 2.05) is 36.2 Å². The summed E-state index contributed by atoms with van der Waals surface area (Å²) in [6, 6.07) is 20.6. The summed E-state index contributed by atoms with van der Waals surface area (Å²) in [7, 11) is 1.86. The molecule has 3 heterocycles. The van der Waals surface area contributed by atoms with Crippen LogP contribution in [-0.4, -0.2) is 56.1 Å². The Bertz CT molecular complexity index is 1410. The van der Waals surface area contributed by atoms with Gasteiger partial charge in [-0.25, -0.2) is 4.90 Å². The van der Waals surface area contributed by atoms with Gasteiger partial charge in [0.2, 0.25) is 12.7 Å². The lowest BCUT2D eigenvalue weighted by Gasteiger charge is -2.36. The van der Waals surface area contributed by atoms with Crippen LogP contribution in [0.3, 0.4) is 0 Å². The van der Waals surface area contributed by atoms with Crippen molar-refractivity contribution in [3.05, 3.63) is 83.4 Å². The quantitative estimate of drug-likeness (QED) is 0.463. The average Bonchev–Trinajstić information content (AvgIpc) is 3.53. The monoisotopic (exact) mass is 511 g/mol. The molecule has 38 heavy (non-hydrogen) atoms. The fourth-order valence-corrected chi connectivity index (χ4v) is 5.55. The van der Waals surface area contributed by atoms with Crippen molar-refractivity contribution in [3.8, 4) is 11.5 Å². The molecule has 6 rings (SSSR count). The largest absolute Gasteiger partial charge is 0.454 e. The minimum Gasteiger partial charge on any atom is -0.454 e. The van der Waals surface area contributed by atoms with Gasteiger partial charge in [-0.05, 0) is 49.1 Å². The maximum atomic E-state index is 13.6. The number of carbonyl (C=O) groups excluding carboxylic acids is 3. The SMILES string of the molecule is CN(CCc1ccccc1)C(=O)C1CCCN(c2cccc3c2C(=O)N(c2ccc4c(c2)OCO4)C3=O)C1. The van der Waals surface area contributed by atoms with Crippen LogP contribution in [0.15, 0.2) is 66.7 Å². The normalized spacial score (nSPS) is 18.1. The van der Waals surface area contributed by atoms with Gasteiger partial charge in [0, 0.05) is 32.7 Å². The Hall–Kier alpha value is -4.33. The lowest BCUT2D eigenvalue weighted by molar-refractivity contribution is -0.134. The number of imide groups is 1. The molecule has 1 unspecified atom stereocenters. The number of piperidine rings is 1. The molecule has 0 aliphatic carbocycles. The summed E-state index contributed by atoms with van der Waals surface area (Å²) in [5.41, 5.74) is 3.11. The highest BCUT2D eigenvalue weighted by atomic mass is 16.7. The van der Waals surface area contributed by atoms with Crippen LogP contribution in [0, 0.1) is 5.92 Å². The Morgan fingerprint density at radius 1 is 0.974 bits per heavy atom. The van der Waals surface area contributed by atoms with Crippen molar-refractivity contribution < 1.29 is 23.9 Å². The molecule has 0 radical (unpaired) electrons. The number of carbonyl (C=O) groups is 3. The van der Waals surface area contributed by atoms with E-state index in [1.165, 1.54) is 10.5 Å². The van der Waals surface area contributed by atoms with Crippen LogP contribution < -0.4 is 19.3 Å². The summed E-state index contributed by atoms with van der Waals surface area (Å²) in [6.45, 7) is 1.99. The first-order valence-electron chi connectivity index (χ1n) is 13.0. The highest BCUT2D eigenvalue weighted by Gasteiger charge is 2.41. The Balaban J connectivity index is 1.20. The Kier molecular flexibility index (Phi) is 6.23. The third-order valence-electron chi connectivity index (χ3n) is 7.57. The summed E-state index contributed by atoms with van der Waals surface area (Å²) < 4.78 is 10.8. The van der Waals surface area contributed by atoms with Crippen LogP contribution in [0.5, 0.6) is 11.5 Å². The number of hydrogen-bond acceptors (Lipinski definition) is 6. The fraction of sp³-hybridized carbons (Fsp3) is 0.300. The van der Waals surface area contributed by atoms with Crippen molar-refractivity contribution in [2.24, 2.45) is 5.92 Å². The number of fused-ring (bicyclic) bond motifs is 2. The zero-order valence-corrected chi connectivity index (χ0v) is 21.3. The van der Waals surface area contributed by atoms with Gasteiger partial charge in [-0.2, -0.15) is 0 Å². The van der Waals surface area contributed by atoms with Gasteiger partial charge >= 0.3 is 0 Å². The third kappa shape index (κ3) is 4.26. The van der Waals surface area contributed by atoms with Crippen molar-refractivity contribution in [3.63, 3.8) is 0 Å². The summed E-state index contributed by atoms with van der Waals surface area (Å²) in [5, 5.41) is 0. The molecule has 3 aromatic rings. The first kappa shape index (κ1) is 24.0. The molecule has 0 saturated carbocycles. The van der Waals surface area contributed by atoms with Gasteiger partial charge in [-0.1, -0.05) is 36.4 Å². The fourth-order valence-electron chi connectivity index (χ4n) is 5.55. The molecule has 0 bridgehead atoms. The second kappa shape index (κ2) is 9.85. The minimum absolute atomic E-state index is 0.112. The second-order valence-electron chi connectivity index (χ2n) is 9.96. The molecule has 8 heteroatoms. The number of nitrogens with zero attached hydrogens (tertiary/aromatic N) is 3. The van der Waals surface area contributed by atoms with E-state index >= 15 is 0 Å². The molecular formula is C30H29N3O5. The molecule has 3 amide bonds. The van der Waals surface area contributed by atoms with Crippen molar-refractivity contribution >= 4 is 29.1 Å². The van der Waals surface area contributed by atoms with Crippen LogP contribution in [-0.2, 0) is 11.2 Å². The maximum Gasteiger partial charge on any atom is 0.268 e. The molecule has 1 atom stereocenters. The van der Waals surface area contributed by atoms with Crippen molar-refractivity contribution in [2.45, 2.75) is 19.3 Å². The van der Waals surface area contributed by atoms with Gasteiger partial charge in [-0.15, -0.1) is 0 Å². The second-order valence-corrected chi connectivity index (χ2v) is 9.96. The van der Waals surface area contributed by atoms with Crippen LogP contribution in [0.1, 0.15) is 39.1 Å². The van der Waals surface area contributed by atoms with Crippen LogP contribution in [0.4, 0.5) is 11.4 Å². The van der Waals surface area contributed by atoms with E-state index in [1.54, 1.807) is 30.3 Å². The summed E-state index contributed by atoms with van der Waals surface area (Å²) in [4.78, 5) is 45.4. The summed E-state index contributed by atoms with van der Waals surface area (Å²) >= 11 is 0. The molecule has 194 valence electrons. The van der Waals surface area contributed by atoms with E-state index in [4.69, 9.17) is 9.47 Å². The van der Waals surface area contributed by atoms with E-state index < -0.39 is 0 Å². The Labute approximate surface area is 221 Å². The van der Waals surface area contributed by atoms with E-state index in [9.17, 15) is 14.4 Å². The summed E-state index contributed by atoms with van der Waals surface area (Å²) in [6.07, 6.45) is 2.44. The highest BCUT2D eigenvalue weighted by Crippen LogP contribution is 2.40. The number of hydrogen-bond donors (Lipinski definition) is 0. The smallest absolute Gasteiger partial charge is 0.268 e. The molecule has 3 aliphatic heterocycles. The van der Waals surface area contributed by atoms with E-state index in [-0.39, 0.29) is 30.4 Å². The molecule has 1 fully saturated rings. The topological polar surface area (TPSA) is 79.4 Å². The number of ether oxygens (including phenoxy) is 2. The minimum atomic E-state index is -0.368. The molecular weight excluding hydrogens is 482 g/mol. The van der Waals surface area contributed by atoms with E-state index in [0.717, 1.165) is 25.8 Å². The Morgan fingerprint density at radius 3 is 2.63 bits per heavy atom. The van der Waals surface area contributed by atoms with Gasteiger partial charge in [-0.3, -0.25) is 14.4 Å². The van der Waals surface area contributed by atoms with Crippen molar-refractivity contribution in [1.82, 2.24) is 4.90 Å². The number of likely N-dealkylation sites (N-methyl/N-ethyl adjacent to an activating group) is 1. The lowest BCUT2D eigenvalue weighted by Crippen LogP contribution is -2.44. The predicted octanol–water partition coefficient (Wildman–Crippen LogP) is 4.13. The number of amides is 3. The van der Waals surface area contributed by atoms with Crippen molar-refractivity contribution in [2.75, 3.05) is 43.3 Å². The highest BCUT2D eigenvalue weighted by molar-refractivity contribution is 6.36. The van der Waals surface area contributed by atoms with E-state index in [2.05, 4.69) is 17.0 Å². The first-order valence-corrected chi connectivity index (χ1v) is 13.0. The standard InChI is InChI=1S/C30H29N3O5/c1-31(16-14-20-7-3-2-4-8-20)28(34)21-9-6-15-32(18-21)24-11-5-10-23-27(24)30(36)33(29(23)35)22-12-13-25-26(17-22)38-19-37-25/h2-5,7-8,10-13,17,21H,6,9,14-16,18-19H2,1H3. The number of benzene rings is 3. The molecule has 1 saturated heterocycles. The van der Waals surface area contributed by atoms with Crippen LogP contribution in [0.2, 0.25) is 0 Å². The van der Waals surface area contributed by atoms with E-state index in [0.29, 0.717) is 47.1 Å². The van der Waals surface area contributed by atoms with Gasteiger partial charge in [0.25, 0.3) is 11.8 Å². The third-order valence-corrected chi connectivity index (χ3v) is 7.57. The molecule has 8 nitrogen and oxygen atoms in total. The van der Waals surface area contributed by atoms with Crippen LogP contribution in [0.25, 0.3) is 0 Å². The first-order chi connectivity index (χ1) is 18.5. The number of anilines is 2. The molecule has 3 aromatic carbocycles.